The zero-order valence-corrected chi connectivity index (χ0v) is 18.4. The van der Waals surface area contributed by atoms with E-state index in [1.165, 1.54) is 0 Å². The number of benzene rings is 4. The molecule has 4 aromatic rings. The smallest absolute Gasteiger partial charge is 0.172 e. The van der Waals surface area contributed by atoms with Gasteiger partial charge in [-0.1, -0.05) is 121 Å². The minimum absolute atomic E-state index is 0.498. The molecule has 5 rings (SSSR count). The fourth-order valence-corrected chi connectivity index (χ4v) is 7.36. The van der Waals surface area contributed by atoms with E-state index in [-0.39, 0.29) is 0 Å². The summed E-state index contributed by atoms with van der Waals surface area (Å²) in [6.45, 7) is 0. The summed E-state index contributed by atoms with van der Waals surface area (Å²) >= 11 is 6.96. The van der Waals surface area contributed by atoms with Crippen LogP contribution in [0.25, 0.3) is 23.3 Å². The lowest BCUT2D eigenvalue weighted by Gasteiger charge is -2.24. The van der Waals surface area contributed by atoms with E-state index in [0.717, 1.165) is 32.9 Å². The lowest BCUT2D eigenvalue weighted by atomic mass is 9.93. The molecule has 0 aromatic heterocycles. The second-order valence-electron chi connectivity index (χ2n) is 7.48. The summed E-state index contributed by atoms with van der Waals surface area (Å²) in [6.07, 6.45) is 3.95. The molecule has 0 amide bonds. The van der Waals surface area contributed by atoms with Crippen molar-refractivity contribution in [2.45, 2.75) is 0 Å². The van der Waals surface area contributed by atoms with Crippen LogP contribution in [0.15, 0.2) is 120 Å². The minimum atomic E-state index is -3.21. The van der Waals surface area contributed by atoms with E-state index in [4.69, 9.17) is 11.6 Å². The Bertz CT molecular complexity index is 1310. The third-order valence-electron chi connectivity index (χ3n) is 5.61. The van der Waals surface area contributed by atoms with Gasteiger partial charge in [-0.2, -0.15) is 0 Å². The molecule has 0 radical (unpaired) electrons. The number of fused-ring (bicyclic) bond motifs is 3. The number of rotatable bonds is 3. The predicted octanol–water partition coefficient (Wildman–Crippen LogP) is 7.30. The molecule has 3 heteroatoms. The fraction of sp³-hybridized carbons (Fsp3) is 0. The summed E-state index contributed by atoms with van der Waals surface area (Å²) in [5, 5.41) is 2.68. The SMILES string of the molecule is O=P(C1=C/c2ccccc2-c2ccccc2/C=C\1Cl)(c1ccccc1)c1ccccc1. The molecule has 0 heterocycles. The van der Waals surface area contributed by atoms with Crippen LogP contribution in [0.4, 0.5) is 0 Å². The lowest BCUT2D eigenvalue weighted by molar-refractivity contribution is 0.591. The quantitative estimate of drug-likeness (QED) is 0.307. The topological polar surface area (TPSA) is 17.1 Å². The number of hydrogen-bond donors (Lipinski definition) is 0. The van der Waals surface area contributed by atoms with E-state index in [9.17, 15) is 4.57 Å². The zero-order valence-electron chi connectivity index (χ0n) is 16.8. The van der Waals surface area contributed by atoms with Crippen molar-refractivity contribution in [3.05, 3.63) is 131 Å². The minimum Gasteiger partial charge on any atom is -0.309 e. The molecule has 150 valence electrons. The van der Waals surface area contributed by atoms with Crippen LogP contribution in [0, 0.1) is 0 Å². The summed E-state index contributed by atoms with van der Waals surface area (Å²) in [7, 11) is -3.21. The Kier molecular flexibility index (Phi) is 5.24. The van der Waals surface area contributed by atoms with Gasteiger partial charge in [0.15, 0.2) is 7.14 Å². The van der Waals surface area contributed by atoms with Crippen molar-refractivity contribution in [3.63, 3.8) is 0 Å². The van der Waals surface area contributed by atoms with Crippen molar-refractivity contribution in [3.8, 4) is 11.1 Å². The van der Waals surface area contributed by atoms with Crippen LogP contribution in [0.1, 0.15) is 11.1 Å². The van der Waals surface area contributed by atoms with Crippen LogP contribution in [0.5, 0.6) is 0 Å². The highest BCUT2D eigenvalue weighted by atomic mass is 35.5. The maximum Gasteiger partial charge on any atom is 0.172 e. The molecule has 1 aliphatic rings. The van der Waals surface area contributed by atoms with Crippen LogP contribution < -0.4 is 10.6 Å². The number of hydrogen-bond acceptors (Lipinski definition) is 1. The molecule has 31 heavy (non-hydrogen) atoms. The molecule has 0 unspecified atom stereocenters. The molecule has 1 aliphatic carbocycles. The van der Waals surface area contributed by atoms with Gasteiger partial charge >= 0.3 is 0 Å². The third kappa shape index (κ3) is 3.51. The maximum atomic E-state index is 15.0. The fourth-order valence-electron chi connectivity index (χ4n) is 4.11. The predicted molar refractivity (Wildman–Crippen MR) is 133 cm³/mol. The van der Waals surface area contributed by atoms with Crippen LogP contribution in [-0.4, -0.2) is 0 Å². The molecule has 0 aliphatic heterocycles. The maximum absolute atomic E-state index is 15.0. The summed E-state index contributed by atoms with van der Waals surface area (Å²) in [4.78, 5) is 0. The summed E-state index contributed by atoms with van der Waals surface area (Å²) in [6, 6.07) is 35.7. The normalized spacial score (nSPS) is 16.5. The largest absolute Gasteiger partial charge is 0.309 e. The highest BCUT2D eigenvalue weighted by Gasteiger charge is 2.34. The van der Waals surface area contributed by atoms with Gasteiger partial charge in [0.05, 0.1) is 5.03 Å². The number of allylic oxidation sites excluding steroid dienone is 2. The molecule has 0 saturated carbocycles. The van der Waals surface area contributed by atoms with Crippen molar-refractivity contribution < 1.29 is 4.57 Å². The number of halogens is 1. The van der Waals surface area contributed by atoms with Gasteiger partial charge in [-0.3, -0.25) is 0 Å². The highest BCUT2D eigenvalue weighted by Crippen LogP contribution is 2.57. The monoisotopic (exact) mass is 438 g/mol. The van der Waals surface area contributed by atoms with Crippen molar-refractivity contribution in [1.82, 2.24) is 0 Å². The molecular weight excluding hydrogens is 419 g/mol. The second-order valence-corrected chi connectivity index (χ2v) is 10.6. The summed E-state index contributed by atoms with van der Waals surface area (Å²) in [5.74, 6) is 0. The van der Waals surface area contributed by atoms with Gasteiger partial charge in [0.25, 0.3) is 0 Å². The molecule has 0 saturated heterocycles. The van der Waals surface area contributed by atoms with Gasteiger partial charge in [0.2, 0.25) is 0 Å². The lowest BCUT2D eigenvalue weighted by Crippen LogP contribution is -2.17. The highest BCUT2D eigenvalue weighted by molar-refractivity contribution is 7.83. The average Bonchev–Trinajstić information content (AvgIpc) is 2.83. The molecule has 4 aromatic carbocycles. The zero-order chi connectivity index (χ0) is 21.3. The average molecular weight is 439 g/mol. The van der Waals surface area contributed by atoms with Crippen LogP contribution in [0.2, 0.25) is 0 Å². The summed E-state index contributed by atoms with van der Waals surface area (Å²) in [5.41, 5.74) is 4.23. The van der Waals surface area contributed by atoms with Crippen molar-refractivity contribution in [2.75, 3.05) is 0 Å². The van der Waals surface area contributed by atoms with E-state index in [1.54, 1.807) is 0 Å². The Labute approximate surface area is 187 Å². The Hall–Kier alpha value is -3.12. The molecule has 0 fully saturated rings. The van der Waals surface area contributed by atoms with E-state index in [0.29, 0.717) is 10.3 Å². The standard InChI is InChI=1S/C28H20ClOP/c29-27-19-21-11-7-9-17-25(21)26-18-10-8-12-22(26)20-28(27)31(30,23-13-3-1-4-14-23)24-15-5-2-6-16-24/h1-20H/b21-19?,22-20?,26-25?,27-19+,28-20+,28-27?. The van der Waals surface area contributed by atoms with Gasteiger partial charge in [0, 0.05) is 15.9 Å². The van der Waals surface area contributed by atoms with Gasteiger partial charge in [-0.15, -0.1) is 0 Å². The van der Waals surface area contributed by atoms with Gasteiger partial charge in [-0.25, -0.2) is 0 Å². The second kappa shape index (κ2) is 8.19. The first-order valence-electron chi connectivity index (χ1n) is 10.2. The first-order valence-corrected chi connectivity index (χ1v) is 12.3. The van der Waals surface area contributed by atoms with E-state index < -0.39 is 7.14 Å². The van der Waals surface area contributed by atoms with Gasteiger partial charge in [0.1, 0.15) is 0 Å². The molecule has 0 N–H and O–H groups in total. The van der Waals surface area contributed by atoms with E-state index in [2.05, 4.69) is 18.2 Å². The van der Waals surface area contributed by atoms with Gasteiger partial charge < -0.3 is 4.57 Å². The van der Waals surface area contributed by atoms with E-state index >= 15 is 0 Å². The van der Waals surface area contributed by atoms with Crippen LogP contribution in [0.3, 0.4) is 0 Å². The summed E-state index contributed by atoms with van der Waals surface area (Å²) < 4.78 is 15.0. The van der Waals surface area contributed by atoms with E-state index in [1.807, 2.05) is 103 Å². The Balaban J connectivity index is 1.85. The molecule has 1 nitrogen and oxygen atoms in total. The Morgan fingerprint density at radius 2 is 0.935 bits per heavy atom. The third-order valence-corrected chi connectivity index (χ3v) is 9.15. The first kappa shape index (κ1) is 19.8. The van der Waals surface area contributed by atoms with Crippen molar-refractivity contribution in [2.24, 2.45) is 0 Å². The first-order chi connectivity index (χ1) is 15.2. The molecular formula is C28H20ClOP. The van der Waals surface area contributed by atoms with Gasteiger partial charge in [-0.05, 0) is 34.4 Å². The van der Waals surface area contributed by atoms with Crippen molar-refractivity contribution >= 4 is 41.5 Å². The Morgan fingerprint density at radius 3 is 1.45 bits per heavy atom. The van der Waals surface area contributed by atoms with Crippen LogP contribution >= 0.6 is 18.7 Å². The molecule has 0 atom stereocenters. The van der Waals surface area contributed by atoms with Crippen molar-refractivity contribution in [1.29, 1.82) is 0 Å². The van der Waals surface area contributed by atoms with Crippen LogP contribution in [-0.2, 0) is 4.57 Å². The Morgan fingerprint density at radius 1 is 0.516 bits per heavy atom. The molecule has 0 bridgehead atoms. The molecule has 0 spiro atoms.